The molecule has 3 aromatic rings. The van der Waals surface area contributed by atoms with Crippen molar-refractivity contribution in [3.8, 4) is 11.1 Å². The third-order valence-corrected chi connectivity index (χ3v) is 4.85. The van der Waals surface area contributed by atoms with Crippen molar-refractivity contribution in [2.45, 2.75) is 32.6 Å². The molecule has 4 heteroatoms. The lowest BCUT2D eigenvalue weighted by Crippen LogP contribution is -2.13. The summed E-state index contributed by atoms with van der Waals surface area (Å²) in [6.07, 6.45) is 4.35. The molecule has 0 atom stereocenters. The van der Waals surface area contributed by atoms with Crippen molar-refractivity contribution in [1.82, 2.24) is 9.97 Å². The molecule has 4 rings (SSSR count). The maximum Gasteiger partial charge on any atom is 0.267 e. The molecule has 1 saturated carbocycles. The summed E-state index contributed by atoms with van der Waals surface area (Å²) in [7, 11) is 0. The highest BCUT2D eigenvalue weighted by Gasteiger charge is 2.24. The van der Waals surface area contributed by atoms with Gasteiger partial charge in [-0.1, -0.05) is 18.2 Å². The summed E-state index contributed by atoms with van der Waals surface area (Å²) in [6, 6.07) is 10.1. The van der Waals surface area contributed by atoms with Crippen LogP contribution in [0.4, 0.5) is 0 Å². The number of nitrogens with zero attached hydrogens (tertiary/aromatic N) is 2. The molecule has 1 amide bonds. The predicted molar refractivity (Wildman–Crippen MR) is 94.9 cm³/mol. The Labute approximate surface area is 140 Å². The summed E-state index contributed by atoms with van der Waals surface area (Å²) in [5.41, 5.74) is 11.9. The van der Waals surface area contributed by atoms with E-state index in [1.807, 2.05) is 20.0 Å². The standard InChI is InChI=1S/C20H19N3O/c1-11-3-7-15-16(9-18(20(21)24)23-19(15)12(11)2)14-6-8-17(22-10-14)13-4-5-13/h3,6-10,13H,4-5H2,1-2H3,(H2,21,24). The van der Waals surface area contributed by atoms with Crippen molar-refractivity contribution in [2.75, 3.05) is 0 Å². The maximum atomic E-state index is 11.7. The molecule has 2 aromatic heterocycles. The zero-order valence-electron chi connectivity index (χ0n) is 13.8. The number of primary amides is 1. The van der Waals surface area contributed by atoms with Crippen molar-refractivity contribution in [1.29, 1.82) is 0 Å². The van der Waals surface area contributed by atoms with E-state index in [1.54, 1.807) is 6.07 Å². The first-order chi connectivity index (χ1) is 11.5. The molecule has 24 heavy (non-hydrogen) atoms. The van der Waals surface area contributed by atoms with Gasteiger partial charge in [-0.25, -0.2) is 4.98 Å². The number of nitrogens with two attached hydrogens (primary N) is 1. The Hall–Kier alpha value is -2.75. The van der Waals surface area contributed by atoms with Crippen LogP contribution in [0, 0.1) is 13.8 Å². The molecule has 1 aliphatic rings. The molecular weight excluding hydrogens is 298 g/mol. The van der Waals surface area contributed by atoms with E-state index in [0.717, 1.165) is 38.9 Å². The Morgan fingerprint density at radius 1 is 1.17 bits per heavy atom. The second-order valence-electron chi connectivity index (χ2n) is 6.57. The molecule has 4 nitrogen and oxygen atoms in total. The third-order valence-electron chi connectivity index (χ3n) is 4.85. The van der Waals surface area contributed by atoms with Gasteiger partial charge in [0.2, 0.25) is 0 Å². The minimum atomic E-state index is -0.512. The topological polar surface area (TPSA) is 68.9 Å². The van der Waals surface area contributed by atoms with Gasteiger partial charge in [0.05, 0.1) is 5.52 Å². The van der Waals surface area contributed by atoms with Crippen molar-refractivity contribution in [3.63, 3.8) is 0 Å². The second-order valence-corrected chi connectivity index (χ2v) is 6.57. The fourth-order valence-electron chi connectivity index (χ4n) is 3.08. The number of fused-ring (bicyclic) bond motifs is 1. The Morgan fingerprint density at radius 2 is 1.96 bits per heavy atom. The lowest BCUT2D eigenvalue weighted by molar-refractivity contribution is 0.0996. The molecule has 0 aliphatic heterocycles. The molecule has 1 aromatic carbocycles. The number of amides is 1. The van der Waals surface area contributed by atoms with E-state index in [4.69, 9.17) is 5.73 Å². The molecule has 0 spiro atoms. The fraction of sp³-hybridized carbons (Fsp3) is 0.250. The van der Waals surface area contributed by atoms with E-state index in [2.05, 4.69) is 34.2 Å². The summed E-state index contributed by atoms with van der Waals surface area (Å²) < 4.78 is 0. The van der Waals surface area contributed by atoms with Crippen LogP contribution in [0.25, 0.3) is 22.0 Å². The molecule has 2 N–H and O–H groups in total. The Balaban J connectivity index is 1.95. The normalized spacial score (nSPS) is 14.1. The van der Waals surface area contributed by atoms with Crippen molar-refractivity contribution < 1.29 is 4.79 Å². The summed E-state index contributed by atoms with van der Waals surface area (Å²) in [6.45, 7) is 4.06. The number of pyridine rings is 2. The molecule has 0 bridgehead atoms. The lowest BCUT2D eigenvalue weighted by atomic mass is 9.97. The van der Waals surface area contributed by atoms with Gasteiger partial charge in [-0.05, 0) is 55.5 Å². The summed E-state index contributed by atoms with van der Waals surface area (Å²) in [4.78, 5) is 20.8. The van der Waals surface area contributed by atoms with Crippen molar-refractivity contribution in [2.24, 2.45) is 5.73 Å². The van der Waals surface area contributed by atoms with Crippen LogP contribution in [-0.2, 0) is 0 Å². The van der Waals surface area contributed by atoms with Crippen LogP contribution < -0.4 is 5.73 Å². The summed E-state index contributed by atoms with van der Waals surface area (Å²) >= 11 is 0. The molecule has 1 aliphatic carbocycles. The maximum absolute atomic E-state index is 11.7. The zero-order chi connectivity index (χ0) is 16.8. The molecule has 1 fully saturated rings. The first-order valence-electron chi connectivity index (χ1n) is 8.21. The number of hydrogen-bond acceptors (Lipinski definition) is 3. The van der Waals surface area contributed by atoms with E-state index in [1.165, 1.54) is 12.8 Å². The van der Waals surface area contributed by atoms with Crippen LogP contribution in [0.5, 0.6) is 0 Å². The summed E-state index contributed by atoms with van der Waals surface area (Å²) in [5, 5.41) is 1.02. The monoisotopic (exact) mass is 317 g/mol. The van der Waals surface area contributed by atoms with Gasteiger partial charge in [-0.2, -0.15) is 0 Å². The average molecular weight is 317 g/mol. The highest BCUT2D eigenvalue weighted by molar-refractivity contribution is 6.01. The largest absolute Gasteiger partial charge is 0.364 e. The number of hydrogen-bond donors (Lipinski definition) is 1. The average Bonchev–Trinajstić information content (AvgIpc) is 3.42. The number of carbonyl (C=O) groups is 1. The smallest absolute Gasteiger partial charge is 0.267 e. The van der Waals surface area contributed by atoms with E-state index >= 15 is 0 Å². The summed E-state index contributed by atoms with van der Waals surface area (Å²) in [5.74, 6) is 0.112. The number of aryl methyl sites for hydroxylation is 2. The van der Waals surface area contributed by atoms with E-state index in [-0.39, 0.29) is 5.69 Å². The van der Waals surface area contributed by atoms with E-state index in [9.17, 15) is 4.79 Å². The number of benzene rings is 1. The molecule has 0 unspecified atom stereocenters. The number of rotatable bonds is 3. The third kappa shape index (κ3) is 2.44. The quantitative estimate of drug-likeness (QED) is 0.796. The van der Waals surface area contributed by atoms with Gasteiger partial charge in [-0.15, -0.1) is 0 Å². The SMILES string of the molecule is Cc1ccc2c(-c3ccc(C4CC4)nc3)cc(C(N)=O)nc2c1C. The van der Waals surface area contributed by atoms with Gasteiger partial charge >= 0.3 is 0 Å². The minimum Gasteiger partial charge on any atom is -0.364 e. The van der Waals surface area contributed by atoms with Gasteiger partial charge in [0.1, 0.15) is 5.69 Å². The van der Waals surface area contributed by atoms with Gasteiger partial charge in [0.25, 0.3) is 5.91 Å². The van der Waals surface area contributed by atoms with Crippen LogP contribution in [-0.4, -0.2) is 15.9 Å². The van der Waals surface area contributed by atoms with Crippen LogP contribution in [0.1, 0.15) is 46.1 Å². The number of carbonyl (C=O) groups excluding carboxylic acids is 1. The zero-order valence-corrected chi connectivity index (χ0v) is 13.8. The van der Waals surface area contributed by atoms with Crippen LogP contribution in [0.3, 0.4) is 0 Å². The number of aromatic nitrogens is 2. The van der Waals surface area contributed by atoms with E-state index < -0.39 is 5.91 Å². The Kier molecular flexibility index (Phi) is 3.34. The molecule has 2 heterocycles. The highest BCUT2D eigenvalue weighted by atomic mass is 16.1. The first-order valence-corrected chi connectivity index (χ1v) is 8.21. The molecule has 0 radical (unpaired) electrons. The molecule has 120 valence electrons. The fourth-order valence-corrected chi connectivity index (χ4v) is 3.08. The van der Waals surface area contributed by atoms with Gasteiger partial charge < -0.3 is 5.73 Å². The lowest BCUT2D eigenvalue weighted by Gasteiger charge is -2.12. The Morgan fingerprint density at radius 3 is 2.58 bits per heavy atom. The van der Waals surface area contributed by atoms with Gasteiger partial charge in [-0.3, -0.25) is 9.78 Å². The van der Waals surface area contributed by atoms with Crippen LogP contribution in [0.2, 0.25) is 0 Å². The van der Waals surface area contributed by atoms with Crippen molar-refractivity contribution >= 4 is 16.8 Å². The van der Waals surface area contributed by atoms with Crippen LogP contribution >= 0.6 is 0 Å². The van der Waals surface area contributed by atoms with Crippen molar-refractivity contribution in [3.05, 3.63) is 59.0 Å². The molecular formula is C20H19N3O. The minimum absolute atomic E-state index is 0.289. The predicted octanol–water partition coefficient (Wildman–Crippen LogP) is 3.89. The van der Waals surface area contributed by atoms with E-state index in [0.29, 0.717) is 5.92 Å². The second kappa shape index (κ2) is 5.41. The highest BCUT2D eigenvalue weighted by Crippen LogP contribution is 2.39. The van der Waals surface area contributed by atoms with Gasteiger partial charge in [0.15, 0.2) is 0 Å². The van der Waals surface area contributed by atoms with Gasteiger partial charge in [0, 0.05) is 28.8 Å². The Bertz CT molecular complexity index is 957. The molecule has 0 saturated heterocycles. The first kappa shape index (κ1) is 14.8. The van der Waals surface area contributed by atoms with Crippen LogP contribution in [0.15, 0.2) is 36.5 Å².